The summed E-state index contributed by atoms with van der Waals surface area (Å²) >= 11 is 5.77. The van der Waals surface area contributed by atoms with Crippen molar-refractivity contribution in [3.63, 3.8) is 0 Å². The highest BCUT2D eigenvalue weighted by atomic mass is 35.5. The van der Waals surface area contributed by atoms with Gasteiger partial charge in [0.1, 0.15) is 4.90 Å². The third-order valence-corrected chi connectivity index (χ3v) is 5.28. The summed E-state index contributed by atoms with van der Waals surface area (Å²) in [5.74, 6) is -1.27. The van der Waals surface area contributed by atoms with Crippen LogP contribution in [-0.2, 0) is 19.6 Å². The maximum Gasteiger partial charge on any atom is 0.338 e. The van der Waals surface area contributed by atoms with Gasteiger partial charge in [-0.15, -0.1) is 0 Å². The SMILES string of the molecule is CC(C)CC(=O)Nc1ccc(C(=O)COC(=O)c2ccc(Cl)c(S(N)(=O)=O)c2)cc1. The number of Topliss-reactive ketones (excluding diaryl/α,β-unsaturated/α-hetero) is 1. The van der Waals surface area contributed by atoms with Crippen molar-refractivity contribution in [3.05, 3.63) is 58.6 Å². The molecule has 0 fully saturated rings. The lowest BCUT2D eigenvalue weighted by Crippen LogP contribution is -2.17. The molecule has 0 aromatic heterocycles. The van der Waals surface area contributed by atoms with E-state index in [9.17, 15) is 22.8 Å². The standard InChI is InChI=1S/C20H21ClN2O6S/c1-12(2)9-19(25)23-15-6-3-13(4-7-15)17(24)11-29-20(26)14-5-8-16(21)18(10-14)30(22,27)28/h3-8,10,12H,9,11H2,1-2H3,(H,23,25)(H2,22,27,28). The van der Waals surface area contributed by atoms with Crippen LogP contribution in [0.4, 0.5) is 5.69 Å². The van der Waals surface area contributed by atoms with Crippen molar-refractivity contribution in [1.82, 2.24) is 0 Å². The van der Waals surface area contributed by atoms with Crippen LogP contribution in [0.15, 0.2) is 47.4 Å². The molecule has 3 N–H and O–H groups in total. The molecule has 0 bridgehead atoms. The zero-order valence-electron chi connectivity index (χ0n) is 16.3. The lowest BCUT2D eigenvalue weighted by atomic mass is 10.1. The number of halogens is 1. The molecule has 2 aromatic carbocycles. The molecule has 10 heteroatoms. The Labute approximate surface area is 179 Å². The molecule has 30 heavy (non-hydrogen) atoms. The number of nitrogens with one attached hydrogen (secondary N) is 1. The Kier molecular flexibility index (Phi) is 7.71. The molecule has 2 aromatic rings. The van der Waals surface area contributed by atoms with Gasteiger partial charge >= 0.3 is 5.97 Å². The number of benzene rings is 2. The highest BCUT2D eigenvalue weighted by Gasteiger charge is 2.18. The van der Waals surface area contributed by atoms with E-state index in [1.54, 1.807) is 12.1 Å². The number of carbonyl (C=O) groups excluding carboxylic acids is 3. The minimum atomic E-state index is -4.12. The topological polar surface area (TPSA) is 133 Å². The predicted octanol–water partition coefficient (Wildman–Crippen LogP) is 3.01. The van der Waals surface area contributed by atoms with Gasteiger partial charge < -0.3 is 10.1 Å². The fraction of sp³-hybridized carbons (Fsp3) is 0.250. The van der Waals surface area contributed by atoms with E-state index >= 15 is 0 Å². The number of hydrogen-bond acceptors (Lipinski definition) is 6. The third kappa shape index (κ3) is 6.65. The van der Waals surface area contributed by atoms with E-state index < -0.39 is 33.3 Å². The fourth-order valence-electron chi connectivity index (χ4n) is 2.47. The van der Waals surface area contributed by atoms with Gasteiger partial charge in [0.25, 0.3) is 0 Å². The van der Waals surface area contributed by atoms with Crippen LogP contribution in [0.25, 0.3) is 0 Å². The normalized spacial score (nSPS) is 11.2. The smallest absolute Gasteiger partial charge is 0.338 e. The van der Waals surface area contributed by atoms with Crippen molar-refractivity contribution >= 4 is 45.0 Å². The largest absolute Gasteiger partial charge is 0.454 e. The monoisotopic (exact) mass is 452 g/mol. The summed E-state index contributed by atoms with van der Waals surface area (Å²) < 4.78 is 27.9. The second-order valence-corrected chi connectivity index (χ2v) is 8.85. The summed E-state index contributed by atoms with van der Waals surface area (Å²) in [4.78, 5) is 35.7. The van der Waals surface area contributed by atoms with E-state index in [1.165, 1.54) is 24.3 Å². The molecule has 160 valence electrons. The van der Waals surface area contributed by atoms with Gasteiger partial charge in [-0.25, -0.2) is 18.4 Å². The Morgan fingerprint density at radius 3 is 2.23 bits per heavy atom. The van der Waals surface area contributed by atoms with E-state index in [0.717, 1.165) is 6.07 Å². The number of nitrogens with two attached hydrogens (primary N) is 1. The molecule has 0 aliphatic heterocycles. The van der Waals surface area contributed by atoms with E-state index in [2.05, 4.69) is 5.32 Å². The summed E-state index contributed by atoms with van der Waals surface area (Å²) in [7, 11) is -4.12. The summed E-state index contributed by atoms with van der Waals surface area (Å²) in [6.45, 7) is 3.32. The number of primary sulfonamides is 1. The van der Waals surface area contributed by atoms with Gasteiger partial charge in [0, 0.05) is 17.7 Å². The van der Waals surface area contributed by atoms with Crippen LogP contribution in [0.3, 0.4) is 0 Å². The van der Waals surface area contributed by atoms with E-state index in [1.807, 2.05) is 13.8 Å². The van der Waals surface area contributed by atoms with Crippen molar-refractivity contribution in [2.24, 2.45) is 11.1 Å². The number of rotatable bonds is 8. The summed E-state index contributed by atoms with van der Waals surface area (Å²) in [6.07, 6.45) is 0.383. The Hall–Kier alpha value is -2.75. The molecule has 2 rings (SSSR count). The van der Waals surface area contributed by atoms with Crippen molar-refractivity contribution < 1.29 is 27.5 Å². The maximum atomic E-state index is 12.2. The van der Waals surface area contributed by atoms with Gasteiger partial charge in [-0.1, -0.05) is 25.4 Å². The molecule has 0 radical (unpaired) electrons. The first-order chi connectivity index (χ1) is 14.0. The van der Waals surface area contributed by atoms with E-state index in [4.69, 9.17) is 21.5 Å². The molecule has 8 nitrogen and oxygen atoms in total. The second-order valence-electron chi connectivity index (χ2n) is 6.91. The molecule has 0 aliphatic carbocycles. The summed E-state index contributed by atoms with van der Waals surface area (Å²) in [5, 5.41) is 7.64. The lowest BCUT2D eigenvalue weighted by molar-refractivity contribution is -0.116. The minimum absolute atomic E-state index is 0.112. The van der Waals surface area contributed by atoms with Gasteiger partial charge in [-0.3, -0.25) is 9.59 Å². The van der Waals surface area contributed by atoms with Crippen molar-refractivity contribution in [3.8, 4) is 0 Å². The number of anilines is 1. The number of esters is 1. The molecule has 0 aliphatic rings. The minimum Gasteiger partial charge on any atom is -0.454 e. The van der Waals surface area contributed by atoms with Crippen LogP contribution in [0.2, 0.25) is 5.02 Å². The average molecular weight is 453 g/mol. The lowest BCUT2D eigenvalue weighted by Gasteiger charge is -2.09. The molecular weight excluding hydrogens is 432 g/mol. The van der Waals surface area contributed by atoms with Crippen LogP contribution in [0, 0.1) is 5.92 Å². The van der Waals surface area contributed by atoms with Crippen LogP contribution < -0.4 is 10.5 Å². The van der Waals surface area contributed by atoms with Crippen molar-refractivity contribution in [2.75, 3.05) is 11.9 Å². The highest BCUT2D eigenvalue weighted by Crippen LogP contribution is 2.22. The Bertz CT molecular complexity index is 1070. The van der Waals surface area contributed by atoms with Crippen molar-refractivity contribution in [2.45, 2.75) is 25.2 Å². The molecular formula is C20H21ClN2O6S. The first-order valence-corrected chi connectivity index (χ1v) is 10.8. The molecule has 0 unspecified atom stereocenters. The number of carbonyl (C=O) groups is 3. The quantitative estimate of drug-likeness (QED) is 0.467. The van der Waals surface area contributed by atoms with Gasteiger partial charge in [0.05, 0.1) is 10.6 Å². The molecule has 0 atom stereocenters. The van der Waals surface area contributed by atoms with Gasteiger partial charge in [0.15, 0.2) is 12.4 Å². The van der Waals surface area contributed by atoms with E-state index in [0.29, 0.717) is 12.1 Å². The average Bonchev–Trinajstić information content (AvgIpc) is 2.65. The Morgan fingerprint density at radius 2 is 1.67 bits per heavy atom. The second kappa shape index (κ2) is 9.84. The number of ketones is 1. The third-order valence-electron chi connectivity index (χ3n) is 3.89. The van der Waals surface area contributed by atoms with Crippen LogP contribution >= 0.6 is 11.6 Å². The fourth-order valence-corrected chi connectivity index (χ4v) is 3.54. The Morgan fingerprint density at radius 1 is 1.07 bits per heavy atom. The molecule has 0 saturated carbocycles. The number of hydrogen-bond donors (Lipinski definition) is 2. The van der Waals surface area contributed by atoms with Crippen LogP contribution in [0.5, 0.6) is 0 Å². The molecule has 0 saturated heterocycles. The highest BCUT2D eigenvalue weighted by molar-refractivity contribution is 7.89. The van der Waals surface area contributed by atoms with Crippen molar-refractivity contribution in [1.29, 1.82) is 0 Å². The van der Waals surface area contributed by atoms with E-state index in [-0.39, 0.29) is 28.0 Å². The maximum absolute atomic E-state index is 12.2. The molecule has 0 spiro atoms. The zero-order chi connectivity index (χ0) is 22.5. The molecule has 1 amide bonds. The molecule has 0 heterocycles. The van der Waals surface area contributed by atoms with Crippen LogP contribution in [0.1, 0.15) is 41.0 Å². The number of ether oxygens (including phenoxy) is 1. The summed E-state index contributed by atoms with van der Waals surface area (Å²) in [6, 6.07) is 9.60. The zero-order valence-corrected chi connectivity index (χ0v) is 17.9. The Balaban J connectivity index is 1.99. The van der Waals surface area contributed by atoms with Gasteiger partial charge in [-0.2, -0.15) is 0 Å². The summed E-state index contributed by atoms with van der Waals surface area (Å²) in [5.41, 5.74) is 0.719. The first kappa shape index (κ1) is 23.5. The van der Waals surface area contributed by atoms with Gasteiger partial charge in [-0.05, 0) is 48.4 Å². The van der Waals surface area contributed by atoms with Crippen LogP contribution in [-0.4, -0.2) is 32.7 Å². The van der Waals surface area contributed by atoms with Gasteiger partial charge in [0.2, 0.25) is 15.9 Å². The number of amides is 1. The number of sulfonamides is 1. The predicted molar refractivity (Wildman–Crippen MR) is 112 cm³/mol. The first-order valence-electron chi connectivity index (χ1n) is 8.90.